The zero-order valence-electron chi connectivity index (χ0n) is 16.3. The van der Waals surface area contributed by atoms with Crippen molar-refractivity contribution in [1.82, 2.24) is 9.62 Å². The van der Waals surface area contributed by atoms with Gasteiger partial charge in [0.25, 0.3) is 10.2 Å². The van der Waals surface area contributed by atoms with Gasteiger partial charge in [0, 0.05) is 19.0 Å². The normalized spacial score (nSPS) is 17.2. The molecule has 7 heteroatoms. The highest BCUT2D eigenvalue weighted by atomic mass is 32.2. The molecule has 0 saturated carbocycles. The predicted octanol–water partition coefficient (Wildman–Crippen LogP) is 2.42. The molecular weight excluding hydrogens is 374 g/mol. The quantitative estimate of drug-likeness (QED) is 0.806. The highest BCUT2D eigenvalue weighted by Crippen LogP contribution is 2.26. The van der Waals surface area contributed by atoms with Gasteiger partial charge in [-0.25, -0.2) is 5.14 Å². The van der Waals surface area contributed by atoms with E-state index in [1.54, 1.807) is 0 Å². The maximum absolute atomic E-state index is 13.0. The van der Waals surface area contributed by atoms with Gasteiger partial charge in [-0.3, -0.25) is 4.79 Å². The van der Waals surface area contributed by atoms with Crippen LogP contribution in [0.2, 0.25) is 0 Å². The zero-order valence-corrected chi connectivity index (χ0v) is 17.1. The van der Waals surface area contributed by atoms with Crippen LogP contribution in [0.4, 0.5) is 0 Å². The van der Waals surface area contributed by atoms with Gasteiger partial charge in [-0.05, 0) is 48.9 Å². The molecule has 2 aromatic carbocycles. The Balaban J connectivity index is 1.78. The summed E-state index contributed by atoms with van der Waals surface area (Å²) in [5, 5.41) is 8.37. The number of hydrogen-bond donors (Lipinski definition) is 2. The van der Waals surface area contributed by atoms with Crippen LogP contribution in [0.1, 0.15) is 41.1 Å². The lowest BCUT2D eigenvalue weighted by molar-refractivity contribution is -0.126. The molecule has 1 amide bonds. The second kappa shape index (κ2) is 8.43. The highest BCUT2D eigenvalue weighted by molar-refractivity contribution is 7.86. The number of amides is 1. The molecule has 0 radical (unpaired) electrons. The lowest BCUT2D eigenvalue weighted by Gasteiger charge is -2.30. The number of aryl methyl sites for hydroxylation is 2. The lowest BCUT2D eigenvalue weighted by Crippen LogP contribution is -2.45. The number of piperidine rings is 1. The van der Waals surface area contributed by atoms with E-state index in [0.29, 0.717) is 12.8 Å². The summed E-state index contributed by atoms with van der Waals surface area (Å²) in [4.78, 5) is 13.0. The van der Waals surface area contributed by atoms with Crippen LogP contribution >= 0.6 is 0 Å². The van der Waals surface area contributed by atoms with Crippen molar-refractivity contribution >= 4 is 16.1 Å². The topological polar surface area (TPSA) is 92.5 Å². The predicted molar refractivity (Wildman–Crippen MR) is 110 cm³/mol. The van der Waals surface area contributed by atoms with Crippen molar-refractivity contribution in [3.05, 3.63) is 70.8 Å². The Morgan fingerprint density at radius 2 is 1.68 bits per heavy atom. The minimum absolute atomic E-state index is 0.0545. The Morgan fingerprint density at radius 3 is 2.25 bits per heavy atom. The molecule has 1 unspecified atom stereocenters. The molecule has 0 aromatic heterocycles. The minimum atomic E-state index is -3.69. The van der Waals surface area contributed by atoms with E-state index in [-0.39, 0.29) is 31.0 Å². The molecule has 1 heterocycles. The largest absolute Gasteiger partial charge is 0.345 e. The van der Waals surface area contributed by atoms with Crippen LogP contribution in [0.15, 0.2) is 48.5 Å². The molecule has 0 bridgehead atoms. The van der Waals surface area contributed by atoms with Crippen LogP contribution in [0, 0.1) is 19.8 Å². The summed E-state index contributed by atoms with van der Waals surface area (Å²) in [5.41, 5.74) is 4.43. The number of benzene rings is 2. The average Bonchev–Trinajstić information content (AvgIpc) is 2.68. The smallest absolute Gasteiger partial charge is 0.276 e. The molecule has 0 spiro atoms. The summed E-state index contributed by atoms with van der Waals surface area (Å²) in [5.74, 6) is -0.281. The number of carbonyl (C=O) groups is 1. The summed E-state index contributed by atoms with van der Waals surface area (Å²) in [6, 6.07) is 15.8. The maximum atomic E-state index is 13.0. The van der Waals surface area contributed by atoms with Crippen molar-refractivity contribution in [2.24, 2.45) is 11.1 Å². The third kappa shape index (κ3) is 4.79. The summed E-state index contributed by atoms with van der Waals surface area (Å²) >= 11 is 0. The molecule has 2 aromatic rings. The third-order valence-corrected chi connectivity index (χ3v) is 6.55. The van der Waals surface area contributed by atoms with Crippen molar-refractivity contribution in [3.63, 3.8) is 0 Å². The number of carbonyl (C=O) groups excluding carboxylic acids is 1. The van der Waals surface area contributed by atoms with Crippen LogP contribution in [0.5, 0.6) is 0 Å². The Hall–Kier alpha value is -2.22. The number of nitrogens with zero attached hydrogens (tertiary/aromatic N) is 1. The van der Waals surface area contributed by atoms with Crippen molar-refractivity contribution in [3.8, 4) is 0 Å². The number of nitrogens with one attached hydrogen (secondary N) is 1. The Kier molecular flexibility index (Phi) is 6.17. The van der Waals surface area contributed by atoms with Gasteiger partial charge >= 0.3 is 0 Å². The zero-order chi connectivity index (χ0) is 20.3. The fourth-order valence-corrected chi connectivity index (χ4v) is 4.30. The van der Waals surface area contributed by atoms with Gasteiger partial charge in [-0.1, -0.05) is 48.5 Å². The average molecular weight is 402 g/mol. The Morgan fingerprint density at radius 1 is 1.04 bits per heavy atom. The van der Waals surface area contributed by atoms with E-state index in [1.807, 2.05) is 36.4 Å². The van der Waals surface area contributed by atoms with Gasteiger partial charge in [0.15, 0.2) is 0 Å². The van der Waals surface area contributed by atoms with Crippen LogP contribution in [-0.4, -0.2) is 31.7 Å². The second-order valence-corrected chi connectivity index (χ2v) is 8.96. The van der Waals surface area contributed by atoms with Gasteiger partial charge in [0.1, 0.15) is 0 Å². The first-order chi connectivity index (χ1) is 13.3. The van der Waals surface area contributed by atoms with E-state index >= 15 is 0 Å². The fraction of sp³-hybridized carbons (Fsp3) is 0.381. The monoisotopic (exact) mass is 401 g/mol. The molecule has 1 aliphatic rings. The van der Waals surface area contributed by atoms with Crippen molar-refractivity contribution in [2.45, 2.75) is 32.7 Å². The van der Waals surface area contributed by atoms with E-state index in [0.717, 1.165) is 11.1 Å². The molecule has 1 saturated heterocycles. The molecular formula is C21H27N3O3S. The van der Waals surface area contributed by atoms with Crippen molar-refractivity contribution in [2.75, 3.05) is 13.1 Å². The van der Waals surface area contributed by atoms with Crippen LogP contribution in [-0.2, 0) is 15.0 Å². The molecule has 1 atom stereocenters. The van der Waals surface area contributed by atoms with E-state index in [2.05, 4.69) is 31.3 Å². The standard InChI is InChI=1S/C21H27N3O3S/c1-15-8-9-19(14-16(15)2)20(17-6-4-3-5-7-17)23-21(25)18-10-12-24(13-11-18)28(22,26)27/h3-9,14,18,20H,10-13H2,1-2H3,(H,23,25)(H2,22,26,27). The maximum Gasteiger partial charge on any atom is 0.276 e. The molecule has 6 nitrogen and oxygen atoms in total. The molecule has 0 aliphatic carbocycles. The van der Waals surface area contributed by atoms with E-state index in [1.165, 1.54) is 15.4 Å². The summed E-state index contributed by atoms with van der Waals surface area (Å²) < 4.78 is 24.2. The van der Waals surface area contributed by atoms with Crippen LogP contribution in [0.25, 0.3) is 0 Å². The van der Waals surface area contributed by atoms with Gasteiger partial charge in [0.2, 0.25) is 5.91 Å². The molecule has 28 heavy (non-hydrogen) atoms. The van der Waals surface area contributed by atoms with Crippen LogP contribution in [0.3, 0.4) is 0 Å². The van der Waals surface area contributed by atoms with Gasteiger partial charge in [-0.2, -0.15) is 12.7 Å². The summed E-state index contributed by atoms with van der Waals surface area (Å²) in [6.45, 7) is 4.67. The Labute approximate surface area is 166 Å². The Bertz CT molecular complexity index is 937. The first-order valence-electron chi connectivity index (χ1n) is 9.46. The van der Waals surface area contributed by atoms with E-state index in [9.17, 15) is 13.2 Å². The first-order valence-corrected chi connectivity index (χ1v) is 11.0. The van der Waals surface area contributed by atoms with Crippen molar-refractivity contribution < 1.29 is 13.2 Å². The molecule has 3 rings (SSSR count). The molecule has 150 valence electrons. The van der Waals surface area contributed by atoms with Gasteiger partial charge in [-0.15, -0.1) is 0 Å². The molecule has 3 N–H and O–H groups in total. The summed E-state index contributed by atoms with van der Waals surface area (Å²) in [6.07, 6.45) is 0.938. The molecule has 1 fully saturated rings. The van der Waals surface area contributed by atoms with Crippen LogP contribution < -0.4 is 10.5 Å². The molecule has 1 aliphatic heterocycles. The van der Waals surface area contributed by atoms with Crippen molar-refractivity contribution in [1.29, 1.82) is 0 Å². The van der Waals surface area contributed by atoms with E-state index < -0.39 is 10.2 Å². The first kappa shape index (κ1) is 20.5. The highest BCUT2D eigenvalue weighted by Gasteiger charge is 2.30. The number of hydrogen-bond acceptors (Lipinski definition) is 3. The van der Waals surface area contributed by atoms with Gasteiger partial charge in [0.05, 0.1) is 6.04 Å². The fourth-order valence-electron chi connectivity index (χ4n) is 3.58. The van der Waals surface area contributed by atoms with Gasteiger partial charge < -0.3 is 5.32 Å². The lowest BCUT2D eigenvalue weighted by atomic mass is 9.93. The summed E-state index contributed by atoms with van der Waals surface area (Å²) in [7, 11) is -3.69. The second-order valence-electron chi connectivity index (χ2n) is 7.41. The minimum Gasteiger partial charge on any atom is -0.345 e. The SMILES string of the molecule is Cc1ccc(C(NC(=O)C2CCN(S(N)(=O)=O)CC2)c2ccccc2)cc1C. The third-order valence-electron chi connectivity index (χ3n) is 5.47. The van der Waals surface area contributed by atoms with E-state index in [4.69, 9.17) is 5.14 Å². The number of nitrogens with two attached hydrogens (primary N) is 1. The number of rotatable bonds is 5.